The lowest BCUT2D eigenvalue weighted by Gasteiger charge is -2.07. The molecule has 0 spiro atoms. The molecule has 2 aromatic carbocycles. The molecule has 0 bridgehead atoms. The van der Waals surface area contributed by atoms with Crippen LogP contribution in [0.2, 0.25) is 0 Å². The number of carbonyl (C=O) groups excluding carboxylic acids is 1. The van der Waals surface area contributed by atoms with E-state index in [1.54, 1.807) is 12.1 Å². The zero-order chi connectivity index (χ0) is 15.1. The maximum absolute atomic E-state index is 11.3. The summed E-state index contributed by atoms with van der Waals surface area (Å²) in [6, 6.07) is 15.2. The van der Waals surface area contributed by atoms with Crippen LogP contribution in [0, 0.1) is 0 Å². The third kappa shape index (κ3) is 4.41. The highest BCUT2D eigenvalue weighted by atomic mass is 16.5. The highest BCUT2D eigenvalue weighted by Gasteiger charge is 2.04. The molecule has 110 valence electrons. The van der Waals surface area contributed by atoms with Crippen LogP contribution < -0.4 is 5.32 Å². The summed E-state index contributed by atoms with van der Waals surface area (Å²) in [5.74, 6) is -0.324. The third-order valence-corrected chi connectivity index (χ3v) is 3.21. The molecular weight excluding hydrogens is 266 g/mol. The van der Waals surface area contributed by atoms with E-state index < -0.39 is 0 Å². The van der Waals surface area contributed by atoms with Crippen LogP contribution in [0.5, 0.6) is 0 Å². The largest absolute Gasteiger partial charge is 0.465 e. The van der Waals surface area contributed by atoms with Gasteiger partial charge in [-0.3, -0.25) is 0 Å². The van der Waals surface area contributed by atoms with E-state index in [1.807, 2.05) is 36.4 Å². The van der Waals surface area contributed by atoms with E-state index in [1.165, 1.54) is 7.11 Å². The molecule has 21 heavy (non-hydrogen) atoms. The van der Waals surface area contributed by atoms with E-state index in [4.69, 9.17) is 5.11 Å². The molecule has 0 aliphatic carbocycles. The van der Waals surface area contributed by atoms with Gasteiger partial charge in [-0.1, -0.05) is 36.4 Å². The fraction of sp³-hybridized carbons (Fsp3) is 0.235. The zero-order valence-corrected chi connectivity index (χ0v) is 12.0. The van der Waals surface area contributed by atoms with Gasteiger partial charge in [-0.2, -0.15) is 0 Å². The summed E-state index contributed by atoms with van der Waals surface area (Å²) in [6.45, 7) is 1.50. The molecule has 0 fully saturated rings. The van der Waals surface area contributed by atoms with Gasteiger partial charge in [0.2, 0.25) is 0 Å². The minimum absolute atomic E-state index is 0.0584. The van der Waals surface area contributed by atoms with Gasteiger partial charge in [0.15, 0.2) is 0 Å². The van der Waals surface area contributed by atoms with Crippen LogP contribution in [0.4, 0.5) is 0 Å². The molecule has 0 saturated carbocycles. The van der Waals surface area contributed by atoms with Crippen molar-refractivity contribution in [1.29, 1.82) is 0 Å². The summed E-state index contributed by atoms with van der Waals surface area (Å²) < 4.78 is 4.66. The first-order valence-corrected chi connectivity index (χ1v) is 6.79. The molecule has 0 saturated heterocycles. The van der Waals surface area contributed by atoms with Gasteiger partial charge < -0.3 is 15.2 Å². The second-order valence-corrected chi connectivity index (χ2v) is 4.77. The number of aliphatic hydroxyl groups is 1. The van der Waals surface area contributed by atoms with Crippen molar-refractivity contribution in [1.82, 2.24) is 5.32 Å². The maximum atomic E-state index is 11.3. The van der Waals surface area contributed by atoms with Gasteiger partial charge in [0.25, 0.3) is 0 Å². The van der Waals surface area contributed by atoms with E-state index in [9.17, 15) is 4.79 Å². The fourth-order valence-electron chi connectivity index (χ4n) is 2.07. The fourth-order valence-corrected chi connectivity index (χ4v) is 2.07. The molecule has 0 heterocycles. The van der Waals surface area contributed by atoms with Crippen molar-refractivity contribution in [3.05, 3.63) is 70.8 Å². The molecule has 0 aliphatic heterocycles. The molecule has 0 aromatic heterocycles. The summed E-state index contributed by atoms with van der Waals surface area (Å²) in [5.41, 5.74) is 3.70. The van der Waals surface area contributed by atoms with E-state index in [2.05, 4.69) is 10.1 Å². The SMILES string of the molecule is COC(=O)c1ccc(CNCc2cccc(CO)c2)cc1. The number of hydrogen-bond donors (Lipinski definition) is 2. The number of nitrogens with one attached hydrogen (secondary N) is 1. The van der Waals surface area contributed by atoms with Crippen LogP contribution in [0.25, 0.3) is 0 Å². The number of benzene rings is 2. The predicted octanol–water partition coefficient (Wildman–Crippen LogP) is 2.26. The summed E-state index contributed by atoms with van der Waals surface area (Å²) in [6.07, 6.45) is 0. The number of carbonyl (C=O) groups is 1. The number of aliphatic hydroxyl groups excluding tert-OH is 1. The number of hydrogen-bond acceptors (Lipinski definition) is 4. The molecule has 2 rings (SSSR count). The Morgan fingerprint density at radius 3 is 2.38 bits per heavy atom. The van der Waals surface area contributed by atoms with Crippen LogP contribution in [-0.2, 0) is 24.4 Å². The topological polar surface area (TPSA) is 58.6 Å². The molecule has 0 unspecified atom stereocenters. The van der Waals surface area contributed by atoms with Crippen molar-refractivity contribution >= 4 is 5.97 Å². The number of methoxy groups -OCH3 is 1. The second-order valence-electron chi connectivity index (χ2n) is 4.77. The normalized spacial score (nSPS) is 10.4. The molecule has 0 atom stereocenters. The highest BCUT2D eigenvalue weighted by molar-refractivity contribution is 5.89. The van der Waals surface area contributed by atoms with Gasteiger partial charge in [-0.25, -0.2) is 4.79 Å². The standard InChI is InChI=1S/C17H19NO3/c1-21-17(20)16-7-5-13(6-8-16)10-18-11-14-3-2-4-15(9-14)12-19/h2-9,18-19H,10-12H2,1H3. The Morgan fingerprint density at radius 1 is 1.05 bits per heavy atom. The van der Waals surface area contributed by atoms with Gasteiger partial charge >= 0.3 is 5.97 Å². The molecule has 0 radical (unpaired) electrons. The number of ether oxygens (including phenoxy) is 1. The van der Waals surface area contributed by atoms with Crippen molar-refractivity contribution in [2.24, 2.45) is 0 Å². The zero-order valence-electron chi connectivity index (χ0n) is 12.0. The second kappa shape index (κ2) is 7.57. The van der Waals surface area contributed by atoms with Crippen molar-refractivity contribution in [3.63, 3.8) is 0 Å². The summed E-state index contributed by atoms with van der Waals surface area (Å²) in [5, 5.41) is 12.4. The number of rotatable bonds is 6. The third-order valence-electron chi connectivity index (χ3n) is 3.21. The summed E-state index contributed by atoms with van der Waals surface area (Å²) in [7, 11) is 1.37. The van der Waals surface area contributed by atoms with Crippen LogP contribution in [-0.4, -0.2) is 18.2 Å². The smallest absolute Gasteiger partial charge is 0.337 e. The van der Waals surface area contributed by atoms with Gasteiger partial charge in [-0.15, -0.1) is 0 Å². The molecular formula is C17H19NO3. The molecule has 4 nitrogen and oxygen atoms in total. The maximum Gasteiger partial charge on any atom is 0.337 e. The average molecular weight is 285 g/mol. The van der Waals surface area contributed by atoms with E-state index in [0.717, 1.165) is 23.2 Å². The number of esters is 1. The first-order chi connectivity index (χ1) is 10.2. The van der Waals surface area contributed by atoms with E-state index in [-0.39, 0.29) is 12.6 Å². The summed E-state index contributed by atoms with van der Waals surface area (Å²) in [4.78, 5) is 11.3. The lowest BCUT2D eigenvalue weighted by Crippen LogP contribution is -2.13. The minimum atomic E-state index is -0.324. The van der Waals surface area contributed by atoms with Gasteiger partial charge in [0.05, 0.1) is 19.3 Å². The monoisotopic (exact) mass is 285 g/mol. The van der Waals surface area contributed by atoms with Crippen LogP contribution in [0.3, 0.4) is 0 Å². The minimum Gasteiger partial charge on any atom is -0.465 e. The molecule has 2 N–H and O–H groups in total. The predicted molar refractivity (Wildman–Crippen MR) is 80.7 cm³/mol. The Hall–Kier alpha value is -2.17. The van der Waals surface area contributed by atoms with Crippen LogP contribution >= 0.6 is 0 Å². The van der Waals surface area contributed by atoms with Crippen molar-refractivity contribution < 1.29 is 14.6 Å². The van der Waals surface area contributed by atoms with E-state index >= 15 is 0 Å². The summed E-state index contributed by atoms with van der Waals surface area (Å²) >= 11 is 0. The van der Waals surface area contributed by atoms with Crippen molar-refractivity contribution in [2.75, 3.05) is 7.11 Å². The Labute approximate surface area is 124 Å². The van der Waals surface area contributed by atoms with Crippen molar-refractivity contribution in [2.45, 2.75) is 19.7 Å². The van der Waals surface area contributed by atoms with Crippen molar-refractivity contribution in [3.8, 4) is 0 Å². The van der Waals surface area contributed by atoms with Gasteiger partial charge in [-0.05, 0) is 28.8 Å². The lowest BCUT2D eigenvalue weighted by molar-refractivity contribution is 0.0600. The molecule has 2 aromatic rings. The lowest BCUT2D eigenvalue weighted by atomic mass is 10.1. The Morgan fingerprint density at radius 2 is 1.71 bits per heavy atom. The Kier molecular flexibility index (Phi) is 5.49. The van der Waals surface area contributed by atoms with Gasteiger partial charge in [0.1, 0.15) is 0 Å². The molecule has 0 amide bonds. The van der Waals surface area contributed by atoms with E-state index in [0.29, 0.717) is 12.1 Å². The molecule has 4 heteroatoms. The quantitative estimate of drug-likeness (QED) is 0.799. The highest BCUT2D eigenvalue weighted by Crippen LogP contribution is 2.07. The molecule has 0 aliphatic rings. The van der Waals surface area contributed by atoms with Gasteiger partial charge in [0, 0.05) is 13.1 Å². The van der Waals surface area contributed by atoms with Crippen LogP contribution in [0.1, 0.15) is 27.0 Å². The first kappa shape index (κ1) is 15.2. The first-order valence-electron chi connectivity index (χ1n) is 6.79. The van der Waals surface area contributed by atoms with Crippen LogP contribution in [0.15, 0.2) is 48.5 Å². The Bertz CT molecular complexity index is 593. The average Bonchev–Trinajstić information content (AvgIpc) is 2.55. The Balaban J connectivity index is 1.87.